The first-order valence-corrected chi connectivity index (χ1v) is 21.1. The van der Waals surface area contributed by atoms with Crippen LogP contribution in [0.25, 0.3) is 100 Å². The second-order valence-electron chi connectivity index (χ2n) is 16.5. The molecule has 0 saturated carbocycles. The lowest BCUT2D eigenvalue weighted by atomic mass is 9.82. The van der Waals surface area contributed by atoms with Crippen molar-refractivity contribution < 1.29 is 0 Å². The molecule has 0 atom stereocenters. The SMILES string of the molecule is CC1(C)c2ccccc2-c2c(-c3ccc(-c4ccc(-c5cc(-c6cc(-c7ccccc7)cc(-c7ccccc7)c6)nc(-c6ccccc6)n5)c5ccccc45)cc3)cccc21. The molecule has 0 spiro atoms. The highest BCUT2D eigenvalue weighted by Gasteiger charge is 2.36. The molecule has 0 saturated heterocycles. The molecule has 9 aromatic carbocycles. The van der Waals surface area contributed by atoms with Crippen LogP contribution in [0.15, 0.2) is 218 Å². The minimum absolute atomic E-state index is 0.0356. The van der Waals surface area contributed by atoms with E-state index in [1.54, 1.807) is 0 Å². The molecule has 0 radical (unpaired) electrons. The van der Waals surface area contributed by atoms with Crippen LogP contribution in [0.1, 0.15) is 25.0 Å². The second kappa shape index (κ2) is 14.9. The third-order valence-corrected chi connectivity index (χ3v) is 12.5. The molecule has 61 heavy (non-hydrogen) atoms. The van der Waals surface area contributed by atoms with Crippen LogP contribution in [0.5, 0.6) is 0 Å². The lowest BCUT2D eigenvalue weighted by Gasteiger charge is -2.21. The number of aromatic nitrogens is 2. The molecule has 0 fully saturated rings. The summed E-state index contributed by atoms with van der Waals surface area (Å²) >= 11 is 0. The molecule has 11 rings (SSSR count). The van der Waals surface area contributed by atoms with Crippen LogP contribution in [0.2, 0.25) is 0 Å². The van der Waals surface area contributed by atoms with Gasteiger partial charge < -0.3 is 0 Å². The van der Waals surface area contributed by atoms with E-state index in [0.29, 0.717) is 5.82 Å². The van der Waals surface area contributed by atoms with Crippen molar-refractivity contribution in [3.05, 3.63) is 230 Å². The van der Waals surface area contributed by atoms with Crippen LogP contribution >= 0.6 is 0 Å². The van der Waals surface area contributed by atoms with Gasteiger partial charge >= 0.3 is 0 Å². The first-order chi connectivity index (χ1) is 30.0. The Labute approximate surface area is 357 Å². The van der Waals surface area contributed by atoms with Gasteiger partial charge in [-0.25, -0.2) is 9.97 Å². The highest BCUT2D eigenvalue weighted by atomic mass is 14.9. The zero-order valence-electron chi connectivity index (χ0n) is 34.2. The molecule has 0 aliphatic heterocycles. The Balaban J connectivity index is 1.03. The smallest absolute Gasteiger partial charge is 0.160 e. The topological polar surface area (TPSA) is 25.8 Å². The zero-order valence-corrected chi connectivity index (χ0v) is 34.2. The van der Waals surface area contributed by atoms with Crippen LogP contribution < -0.4 is 0 Å². The van der Waals surface area contributed by atoms with Gasteiger partial charge in [-0.05, 0) is 102 Å². The van der Waals surface area contributed by atoms with Crippen molar-refractivity contribution in [3.8, 4) is 89.5 Å². The first-order valence-electron chi connectivity index (χ1n) is 21.1. The summed E-state index contributed by atoms with van der Waals surface area (Å²) in [7, 11) is 0. The number of hydrogen-bond donors (Lipinski definition) is 0. The van der Waals surface area contributed by atoms with E-state index in [1.165, 1.54) is 49.9 Å². The molecule has 1 heterocycles. The molecule has 0 N–H and O–H groups in total. The van der Waals surface area contributed by atoms with Gasteiger partial charge in [0.2, 0.25) is 0 Å². The Morgan fingerprint density at radius 3 is 1.43 bits per heavy atom. The average Bonchev–Trinajstić information content (AvgIpc) is 3.57. The molecular formula is C59H42N2. The van der Waals surface area contributed by atoms with Crippen LogP contribution in [0, 0.1) is 0 Å². The predicted octanol–water partition coefficient (Wildman–Crippen LogP) is 15.6. The van der Waals surface area contributed by atoms with E-state index in [0.717, 1.165) is 55.7 Å². The Hall–Kier alpha value is -7.68. The lowest BCUT2D eigenvalue weighted by Crippen LogP contribution is -2.14. The van der Waals surface area contributed by atoms with Crippen LogP contribution in [0.4, 0.5) is 0 Å². The summed E-state index contributed by atoms with van der Waals surface area (Å²) < 4.78 is 0. The van der Waals surface area contributed by atoms with E-state index in [9.17, 15) is 0 Å². The molecule has 0 amide bonds. The molecule has 2 nitrogen and oxygen atoms in total. The van der Waals surface area contributed by atoms with E-state index >= 15 is 0 Å². The zero-order chi connectivity index (χ0) is 40.9. The van der Waals surface area contributed by atoms with Crippen molar-refractivity contribution in [1.29, 1.82) is 0 Å². The van der Waals surface area contributed by atoms with Gasteiger partial charge in [-0.3, -0.25) is 0 Å². The van der Waals surface area contributed by atoms with Crippen molar-refractivity contribution in [2.75, 3.05) is 0 Å². The van der Waals surface area contributed by atoms with Gasteiger partial charge in [0.25, 0.3) is 0 Å². The van der Waals surface area contributed by atoms with Crippen LogP contribution in [-0.4, -0.2) is 9.97 Å². The van der Waals surface area contributed by atoms with Crippen molar-refractivity contribution in [1.82, 2.24) is 9.97 Å². The fraction of sp³-hybridized carbons (Fsp3) is 0.0508. The third-order valence-electron chi connectivity index (χ3n) is 12.5. The predicted molar refractivity (Wildman–Crippen MR) is 255 cm³/mol. The number of fused-ring (bicyclic) bond motifs is 4. The molecule has 0 bridgehead atoms. The molecule has 1 aromatic heterocycles. The molecular weight excluding hydrogens is 737 g/mol. The summed E-state index contributed by atoms with van der Waals surface area (Å²) in [5, 5.41) is 2.33. The standard InChI is InChI=1S/C59H42N2/c1-59(2)53-27-15-14-25-52(53)57-48(26-16-28-54(57)59)42-31-29-41(30-32-42)47-33-34-51(50-24-13-12-23-49(47)50)56-38-55(60-58(61-56)43-21-10-5-11-22-43)46-36-44(39-17-6-3-7-18-39)35-45(37-46)40-19-8-4-9-20-40/h3-38H,1-2H3. The number of nitrogens with zero attached hydrogens (tertiary/aromatic N) is 2. The number of benzene rings is 9. The maximum atomic E-state index is 5.30. The van der Waals surface area contributed by atoms with Crippen molar-refractivity contribution in [2.45, 2.75) is 19.3 Å². The van der Waals surface area contributed by atoms with E-state index < -0.39 is 0 Å². The van der Waals surface area contributed by atoms with Gasteiger partial charge in [0, 0.05) is 22.1 Å². The van der Waals surface area contributed by atoms with Gasteiger partial charge in [0.1, 0.15) is 0 Å². The number of hydrogen-bond acceptors (Lipinski definition) is 2. The average molecular weight is 779 g/mol. The van der Waals surface area contributed by atoms with Crippen LogP contribution in [0.3, 0.4) is 0 Å². The Kier molecular flexibility index (Phi) is 8.86. The lowest BCUT2D eigenvalue weighted by molar-refractivity contribution is 0.660. The summed E-state index contributed by atoms with van der Waals surface area (Å²) in [5.74, 6) is 0.696. The summed E-state index contributed by atoms with van der Waals surface area (Å²) in [6, 6.07) is 78.5. The van der Waals surface area contributed by atoms with E-state index in [2.05, 4.69) is 226 Å². The molecule has 0 unspecified atom stereocenters. The van der Waals surface area contributed by atoms with Gasteiger partial charge in [0.05, 0.1) is 11.4 Å². The largest absolute Gasteiger partial charge is 0.228 e. The quantitative estimate of drug-likeness (QED) is 0.161. The Morgan fingerprint density at radius 2 is 0.770 bits per heavy atom. The fourth-order valence-corrected chi connectivity index (χ4v) is 9.42. The van der Waals surface area contributed by atoms with E-state index in [4.69, 9.17) is 9.97 Å². The van der Waals surface area contributed by atoms with Gasteiger partial charge in [-0.15, -0.1) is 0 Å². The minimum Gasteiger partial charge on any atom is -0.228 e. The van der Waals surface area contributed by atoms with Crippen molar-refractivity contribution in [2.24, 2.45) is 0 Å². The monoisotopic (exact) mass is 778 g/mol. The summed E-state index contributed by atoms with van der Waals surface area (Å²) in [4.78, 5) is 10.6. The number of rotatable bonds is 7. The van der Waals surface area contributed by atoms with Crippen molar-refractivity contribution >= 4 is 10.8 Å². The Bertz CT molecular complexity index is 3180. The molecule has 2 heteroatoms. The highest BCUT2D eigenvalue weighted by molar-refractivity contribution is 6.05. The molecule has 1 aliphatic rings. The second-order valence-corrected chi connectivity index (χ2v) is 16.5. The van der Waals surface area contributed by atoms with Gasteiger partial charge in [-0.2, -0.15) is 0 Å². The molecule has 1 aliphatic carbocycles. The van der Waals surface area contributed by atoms with Gasteiger partial charge in [0.15, 0.2) is 5.82 Å². The maximum absolute atomic E-state index is 5.30. The van der Waals surface area contributed by atoms with Gasteiger partial charge in [-0.1, -0.05) is 208 Å². The first kappa shape index (κ1) is 36.4. The third kappa shape index (κ3) is 6.45. The molecule has 288 valence electrons. The Morgan fingerprint density at radius 1 is 0.295 bits per heavy atom. The highest BCUT2D eigenvalue weighted by Crippen LogP contribution is 2.52. The van der Waals surface area contributed by atoms with Crippen LogP contribution in [-0.2, 0) is 5.41 Å². The van der Waals surface area contributed by atoms with E-state index in [1.807, 2.05) is 6.07 Å². The summed E-state index contributed by atoms with van der Waals surface area (Å²) in [6.45, 7) is 4.69. The maximum Gasteiger partial charge on any atom is 0.160 e. The summed E-state index contributed by atoms with van der Waals surface area (Å²) in [6.07, 6.45) is 0. The normalized spacial score (nSPS) is 12.6. The fourth-order valence-electron chi connectivity index (χ4n) is 9.42. The molecule has 10 aromatic rings. The summed E-state index contributed by atoms with van der Waals surface area (Å²) in [5.41, 5.74) is 19.8. The van der Waals surface area contributed by atoms with E-state index in [-0.39, 0.29) is 5.41 Å². The minimum atomic E-state index is -0.0356. The van der Waals surface area contributed by atoms with Crippen molar-refractivity contribution in [3.63, 3.8) is 0 Å².